The number of rotatable bonds is 7. The molecule has 7 nitrogen and oxygen atoms in total. The van der Waals surface area contributed by atoms with E-state index < -0.39 is 26.7 Å². The first kappa shape index (κ1) is 20.1. The van der Waals surface area contributed by atoms with Gasteiger partial charge in [-0.1, -0.05) is 51.3 Å². The molecule has 1 aromatic rings. The second kappa shape index (κ2) is 8.79. The molecule has 0 heterocycles. The number of methoxy groups -OCH3 is 1. The minimum atomic E-state index is -4.35. The number of benzene rings is 1. The van der Waals surface area contributed by atoms with Crippen LogP contribution in [0.2, 0.25) is 0 Å². The summed E-state index contributed by atoms with van der Waals surface area (Å²) >= 11 is 16.1. The lowest BCUT2D eigenvalue weighted by Crippen LogP contribution is -2.22. The minimum Gasteiger partial charge on any atom is -0.497 e. The Labute approximate surface area is 149 Å². The Hall–Kier alpha value is -0.930. The number of nitrogens with zero attached hydrogens (tertiary/aromatic N) is 1. The van der Waals surface area contributed by atoms with Gasteiger partial charge in [-0.2, -0.15) is 8.42 Å². The van der Waals surface area contributed by atoms with Gasteiger partial charge in [0.1, 0.15) is 12.4 Å². The summed E-state index contributed by atoms with van der Waals surface area (Å²) in [5.74, 6) is 0.730. The van der Waals surface area contributed by atoms with E-state index in [1.165, 1.54) is 0 Å². The molecule has 0 aliphatic rings. The largest absolute Gasteiger partial charge is 0.497 e. The summed E-state index contributed by atoms with van der Waals surface area (Å²) < 4.78 is 38.5. The third-order valence-corrected chi connectivity index (χ3v) is 3.52. The molecule has 0 fully saturated rings. The maximum absolute atomic E-state index is 11.4. The zero-order valence-corrected chi connectivity index (χ0v) is 15.1. The van der Waals surface area contributed by atoms with Crippen molar-refractivity contribution in [2.24, 2.45) is 10.1 Å². The number of nitrogens with two attached hydrogens (primary N) is 1. The molecule has 0 spiro atoms. The van der Waals surface area contributed by atoms with Gasteiger partial charge in [0, 0.05) is 6.42 Å². The van der Waals surface area contributed by atoms with Crippen LogP contribution in [-0.2, 0) is 25.6 Å². The Morgan fingerprint density at radius 3 is 2.39 bits per heavy atom. The zero-order valence-electron chi connectivity index (χ0n) is 12.0. The maximum Gasteiger partial charge on any atom is 0.385 e. The van der Waals surface area contributed by atoms with E-state index in [1.54, 1.807) is 19.2 Å². The van der Waals surface area contributed by atoms with Crippen molar-refractivity contribution in [3.63, 3.8) is 0 Å². The van der Waals surface area contributed by atoms with Crippen molar-refractivity contribution in [1.29, 1.82) is 0 Å². The zero-order chi connectivity index (χ0) is 17.5. The molecule has 0 aliphatic heterocycles. The van der Waals surface area contributed by atoms with Gasteiger partial charge in [0.15, 0.2) is 0 Å². The van der Waals surface area contributed by atoms with Gasteiger partial charge in [-0.3, -0.25) is 0 Å². The number of ether oxygens (including phenoxy) is 2. The topological polar surface area (TPSA) is 100 Å². The smallest absolute Gasteiger partial charge is 0.385 e. The lowest BCUT2D eigenvalue weighted by molar-refractivity contribution is 0.300. The molecule has 1 rings (SSSR count). The lowest BCUT2D eigenvalue weighted by Gasteiger charge is -2.09. The molecule has 0 radical (unpaired) electrons. The highest BCUT2D eigenvalue weighted by Crippen LogP contribution is 2.26. The molecule has 0 aliphatic carbocycles. The van der Waals surface area contributed by atoms with Crippen LogP contribution < -0.4 is 10.5 Å². The van der Waals surface area contributed by atoms with E-state index >= 15 is 0 Å². The van der Waals surface area contributed by atoms with Crippen LogP contribution in [0.3, 0.4) is 0 Å². The minimum absolute atomic E-state index is 0.127. The number of hydrogen-bond donors (Lipinski definition) is 1. The van der Waals surface area contributed by atoms with Crippen molar-refractivity contribution in [3.05, 3.63) is 29.8 Å². The van der Waals surface area contributed by atoms with Crippen molar-refractivity contribution in [1.82, 2.24) is 0 Å². The molecule has 130 valence electrons. The van der Waals surface area contributed by atoms with E-state index in [2.05, 4.69) is 8.58 Å². The average molecular weight is 406 g/mol. The third kappa shape index (κ3) is 9.07. The van der Waals surface area contributed by atoms with Crippen molar-refractivity contribution in [2.75, 3.05) is 20.3 Å². The molecule has 2 N–H and O–H groups in total. The Morgan fingerprint density at radius 1 is 1.26 bits per heavy atom. The fraction of sp³-hybridized carbons (Fsp3) is 0.417. The summed E-state index contributed by atoms with van der Waals surface area (Å²) in [7, 11) is -2.78. The molecule has 1 aromatic carbocycles. The van der Waals surface area contributed by atoms with Gasteiger partial charge in [-0.05, 0) is 17.7 Å². The van der Waals surface area contributed by atoms with Crippen molar-refractivity contribution < 1.29 is 22.1 Å². The van der Waals surface area contributed by atoms with Gasteiger partial charge < -0.3 is 15.2 Å². The maximum atomic E-state index is 11.4. The van der Waals surface area contributed by atoms with E-state index in [0.717, 1.165) is 11.3 Å². The molecule has 0 atom stereocenters. The molecule has 0 saturated carbocycles. The molecular formula is C12H15Cl3N2O5S. The predicted octanol–water partition coefficient (Wildman–Crippen LogP) is 2.20. The van der Waals surface area contributed by atoms with Crippen LogP contribution in [0.5, 0.6) is 5.75 Å². The predicted molar refractivity (Wildman–Crippen MR) is 89.4 cm³/mol. The SMILES string of the molecule is COc1ccc(CCO/C(N)=N/S(=O)(=O)OCC(Cl)(Cl)Cl)cc1. The first-order chi connectivity index (χ1) is 10.6. The molecule has 0 bridgehead atoms. The van der Waals surface area contributed by atoms with Crippen LogP contribution in [-0.4, -0.2) is 38.6 Å². The molecule has 0 amide bonds. The van der Waals surface area contributed by atoms with E-state index in [-0.39, 0.29) is 6.61 Å². The Morgan fingerprint density at radius 2 is 1.87 bits per heavy atom. The van der Waals surface area contributed by atoms with Crippen LogP contribution >= 0.6 is 34.8 Å². The summed E-state index contributed by atoms with van der Waals surface area (Å²) in [4.78, 5) is 0. The number of amidine groups is 1. The normalized spacial score (nSPS) is 13.0. The molecule has 23 heavy (non-hydrogen) atoms. The lowest BCUT2D eigenvalue weighted by atomic mass is 10.1. The summed E-state index contributed by atoms with van der Waals surface area (Å²) in [5, 5.41) is 0. The number of alkyl halides is 3. The van der Waals surface area contributed by atoms with E-state index in [9.17, 15) is 8.42 Å². The molecule has 0 saturated heterocycles. The van der Waals surface area contributed by atoms with E-state index in [4.69, 9.17) is 50.0 Å². The Balaban J connectivity index is 2.46. The molecule has 11 heteroatoms. The van der Waals surface area contributed by atoms with Gasteiger partial charge in [-0.15, -0.1) is 0 Å². The standard InChI is InChI=1S/C12H15Cl3N2O5S/c1-20-10-4-2-9(3-5-10)6-7-21-11(16)17-23(18,19)22-8-12(13,14)15/h2-5H,6-8H2,1H3,(H2,16,17). The second-order valence-corrected chi connectivity index (χ2v) is 7.97. The van der Waals surface area contributed by atoms with Gasteiger partial charge in [0.25, 0.3) is 6.02 Å². The average Bonchev–Trinajstić information content (AvgIpc) is 2.45. The van der Waals surface area contributed by atoms with Gasteiger partial charge >= 0.3 is 10.3 Å². The molecular weight excluding hydrogens is 391 g/mol. The van der Waals surface area contributed by atoms with E-state index in [0.29, 0.717) is 6.42 Å². The van der Waals surface area contributed by atoms with Crippen LogP contribution in [0, 0.1) is 0 Å². The summed E-state index contributed by atoms with van der Waals surface area (Å²) in [6, 6.07) is 6.71. The summed E-state index contributed by atoms with van der Waals surface area (Å²) in [5.41, 5.74) is 6.31. The van der Waals surface area contributed by atoms with Crippen LogP contribution in [0.4, 0.5) is 0 Å². The van der Waals surface area contributed by atoms with Crippen LogP contribution in [0.1, 0.15) is 5.56 Å². The highest BCUT2D eigenvalue weighted by atomic mass is 35.6. The third-order valence-electron chi connectivity index (χ3n) is 2.37. The summed E-state index contributed by atoms with van der Waals surface area (Å²) in [6.07, 6.45) is 0.495. The Kier molecular flexibility index (Phi) is 7.69. The number of hydrogen-bond acceptors (Lipinski definition) is 5. The van der Waals surface area contributed by atoms with Gasteiger partial charge in [0.2, 0.25) is 3.79 Å². The summed E-state index contributed by atoms with van der Waals surface area (Å²) in [6.45, 7) is -0.565. The van der Waals surface area contributed by atoms with Crippen LogP contribution in [0.15, 0.2) is 28.7 Å². The first-order valence-electron chi connectivity index (χ1n) is 6.18. The van der Waals surface area contributed by atoms with Crippen molar-refractivity contribution in [2.45, 2.75) is 10.2 Å². The van der Waals surface area contributed by atoms with Gasteiger partial charge in [0.05, 0.1) is 13.7 Å². The molecule has 0 aromatic heterocycles. The van der Waals surface area contributed by atoms with Crippen molar-refractivity contribution in [3.8, 4) is 5.75 Å². The Bertz CT molecular complexity index is 629. The molecule has 0 unspecified atom stereocenters. The van der Waals surface area contributed by atoms with Crippen molar-refractivity contribution >= 4 is 51.1 Å². The van der Waals surface area contributed by atoms with E-state index in [1.807, 2.05) is 12.1 Å². The second-order valence-electron chi connectivity index (χ2n) is 4.18. The first-order valence-corrected chi connectivity index (χ1v) is 8.68. The fourth-order valence-corrected chi connectivity index (χ4v) is 2.38. The number of halogens is 3. The highest BCUT2D eigenvalue weighted by Gasteiger charge is 2.24. The highest BCUT2D eigenvalue weighted by molar-refractivity contribution is 7.85. The quantitative estimate of drug-likeness (QED) is 0.424. The van der Waals surface area contributed by atoms with Gasteiger partial charge in [-0.25, -0.2) is 4.18 Å². The monoisotopic (exact) mass is 404 g/mol. The fourth-order valence-electron chi connectivity index (χ4n) is 1.37. The van der Waals surface area contributed by atoms with Crippen LogP contribution in [0.25, 0.3) is 0 Å².